The highest BCUT2D eigenvalue weighted by molar-refractivity contribution is 5.97. The number of imidazole rings is 1. The van der Waals surface area contributed by atoms with E-state index in [0.29, 0.717) is 6.42 Å². The first-order valence-electron chi connectivity index (χ1n) is 21.4. The van der Waals surface area contributed by atoms with Crippen LogP contribution in [0.25, 0.3) is 0 Å². The molecule has 13 N–H and O–H groups in total. The molecule has 2 rings (SSSR count). The third-order valence-electron chi connectivity index (χ3n) is 9.99. The van der Waals surface area contributed by atoms with Gasteiger partial charge in [-0.2, -0.15) is 0 Å². The second-order valence-electron chi connectivity index (χ2n) is 15.5. The molecule has 2 heterocycles. The van der Waals surface area contributed by atoms with Gasteiger partial charge in [-0.05, 0) is 33.1 Å². The highest BCUT2D eigenvalue weighted by Crippen LogP contribution is 2.11. The van der Waals surface area contributed by atoms with Crippen LogP contribution < -0.4 is 48.7 Å². The summed E-state index contributed by atoms with van der Waals surface area (Å²) in [6.07, 6.45) is 9.50. The van der Waals surface area contributed by atoms with Crippen molar-refractivity contribution in [2.75, 3.05) is 13.2 Å². The van der Waals surface area contributed by atoms with Gasteiger partial charge < -0.3 is 63.5 Å². The van der Waals surface area contributed by atoms with Gasteiger partial charge >= 0.3 is 5.97 Å². The first-order chi connectivity index (χ1) is 29.9. The van der Waals surface area contributed by atoms with E-state index >= 15 is 0 Å². The number of nitrogens with one attached hydrogen (secondary N) is 8. The first kappa shape index (κ1) is 53.0. The molecule has 1 aliphatic heterocycles. The quantitative estimate of drug-likeness (QED) is 0.0336. The zero-order valence-electron chi connectivity index (χ0n) is 36.3. The Morgan fingerprint density at radius 2 is 1.33 bits per heavy atom. The predicted octanol–water partition coefficient (Wildman–Crippen LogP) is -2.61. The number of primary amides is 2. The van der Waals surface area contributed by atoms with E-state index in [1.54, 1.807) is 0 Å². The van der Waals surface area contributed by atoms with Crippen LogP contribution in [0.1, 0.15) is 116 Å². The number of carbonyl (C=O) groups is 10. The number of aliphatic hydroxyl groups excluding tert-OH is 1. The fourth-order valence-corrected chi connectivity index (χ4v) is 6.35. The number of ether oxygens (including phenoxy) is 1. The Morgan fingerprint density at radius 3 is 1.92 bits per heavy atom. The number of nitrogens with zero attached hydrogens (tertiary/aromatic N) is 1. The number of cyclic esters (lactones) is 1. The molecule has 352 valence electrons. The van der Waals surface area contributed by atoms with E-state index in [9.17, 15) is 53.1 Å². The minimum atomic E-state index is -1.71. The van der Waals surface area contributed by atoms with Crippen LogP contribution in [0.5, 0.6) is 0 Å². The van der Waals surface area contributed by atoms with Crippen LogP contribution in [-0.2, 0) is 59.1 Å². The number of hydrogen-bond donors (Lipinski definition) is 11. The van der Waals surface area contributed by atoms with Crippen molar-refractivity contribution in [1.29, 1.82) is 0 Å². The maximum atomic E-state index is 13.7. The number of carbonyl (C=O) groups excluding carboxylic acids is 10. The smallest absolute Gasteiger partial charge is 0.328 e. The summed E-state index contributed by atoms with van der Waals surface area (Å²) in [5.41, 5.74) is 10.5. The summed E-state index contributed by atoms with van der Waals surface area (Å²) in [5.74, 6) is -8.57. The molecule has 63 heavy (non-hydrogen) atoms. The Labute approximate surface area is 365 Å². The molecule has 1 fully saturated rings. The van der Waals surface area contributed by atoms with Gasteiger partial charge in [-0.25, -0.2) is 9.78 Å². The van der Waals surface area contributed by atoms with Gasteiger partial charge in [0, 0.05) is 38.1 Å². The fraction of sp³-hybridized carbons (Fsp3) is 0.675. The largest absolute Gasteiger partial charge is 0.461 e. The molecule has 7 atom stereocenters. The molecule has 0 bridgehead atoms. The van der Waals surface area contributed by atoms with Crippen molar-refractivity contribution in [3.63, 3.8) is 0 Å². The van der Waals surface area contributed by atoms with Gasteiger partial charge in [0.05, 0.1) is 12.6 Å². The number of unbranched alkanes of at least 4 members (excludes halogenated alkanes) is 8. The topological polar surface area (TPSA) is 365 Å². The number of aromatic amines is 1. The van der Waals surface area contributed by atoms with Crippen LogP contribution in [0.15, 0.2) is 12.4 Å². The summed E-state index contributed by atoms with van der Waals surface area (Å²) in [6, 6.07) is -8.90. The number of amides is 9. The Morgan fingerprint density at radius 1 is 0.762 bits per heavy atom. The fourth-order valence-electron chi connectivity index (χ4n) is 6.35. The Hall–Kier alpha value is -6.13. The molecule has 0 spiro atoms. The molecule has 1 aromatic heterocycles. The van der Waals surface area contributed by atoms with Gasteiger partial charge in [-0.1, -0.05) is 58.3 Å². The summed E-state index contributed by atoms with van der Waals surface area (Å²) < 4.78 is 5.32. The maximum Gasteiger partial charge on any atom is 0.328 e. The molecule has 0 aliphatic carbocycles. The van der Waals surface area contributed by atoms with E-state index in [4.69, 9.17) is 16.2 Å². The van der Waals surface area contributed by atoms with Crippen molar-refractivity contribution < 1.29 is 57.8 Å². The van der Waals surface area contributed by atoms with Crippen molar-refractivity contribution in [2.45, 2.75) is 159 Å². The summed E-state index contributed by atoms with van der Waals surface area (Å²) in [6.45, 7) is 3.19. The van der Waals surface area contributed by atoms with Crippen LogP contribution in [0.2, 0.25) is 0 Å². The van der Waals surface area contributed by atoms with E-state index in [1.807, 2.05) is 0 Å². The first-order valence-corrected chi connectivity index (χ1v) is 21.4. The van der Waals surface area contributed by atoms with E-state index in [2.05, 4.69) is 54.1 Å². The second kappa shape index (κ2) is 28.5. The van der Waals surface area contributed by atoms with Crippen molar-refractivity contribution in [3.8, 4) is 0 Å². The second-order valence-corrected chi connectivity index (χ2v) is 15.5. The van der Waals surface area contributed by atoms with Gasteiger partial charge in [0.2, 0.25) is 53.2 Å². The third kappa shape index (κ3) is 21.0. The van der Waals surface area contributed by atoms with Crippen LogP contribution in [-0.4, -0.2) is 130 Å². The molecular weight excluding hydrogens is 827 g/mol. The number of esters is 1. The van der Waals surface area contributed by atoms with Crippen molar-refractivity contribution in [1.82, 2.24) is 47.2 Å². The molecule has 0 radical (unpaired) electrons. The van der Waals surface area contributed by atoms with Gasteiger partial charge in [-0.3, -0.25) is 43.2 Å². The summed E-state index contributed by atoms with van der Waals surface area (Å²) in [7, 11) is 0. The minimum Gasteiger partial charge on any atom is -0.461 e. The molecule has 1 saturated heterocycles. The molecule has 1 aliphatic rings. The van der Waals surface area contributed by atoms with E-state index in [1.165, 1.54) is 51.9 Å². The zero-order chi connectivity index (χ0) is 46.9. The van der Waals surface area contributed by atoms with Crippen molar-refractivity contribution in [2.24, 2.45) is 11.5 Å². The monoisotopic (exact) mass is 891 g/mol. The van der Waals surface area contributed by atoms with Gasteiger partial charge in [-0.15, -0.1) is 0 Å². The highest BCUT2D eigenvalue weighted by Gasteiger charge is 2.35. The van der Waals surface area contributed by atoms with Crippen LogP contribution in [0.3, 0.4) is 0 Å². The molecule has 23 heteroatoms. The number of rotatable bonds is 26. The van der Waals surface area contributed by atoms with E-state index in [0.717, 1.165) is 25.7 Å². The number of nitrogens with two attached hydrogens (primary N) is 2. The summed E-state index contributed by atoms with van der Waals surface area (Å²) >= 11 is 0. The average Bonchev–Trinajstić information content (AvgIpc) is 3.74. The SMILES string of the molecule is CCCCCCCCCCCC(=O)NC(C(=O)NCC(=O)NC(C)C(=O)NC1COC(=O)C(CCC(N)=O)NC(=O)C(CCC(N)=O)NC(=O)C(Cc2ncc[nH]2)NC1=O)C(C)O. The lowest BCUT2D eigenvalue weighted by Gasteiger charge is -2.25. The summed E-state index contributed by atoms with van der Waals surface area (Å²) in [5, 5.41) is 27.0. The average molecular weight is 892 g/mol. The molecule has 0 aromatic carbocycles. The lowest BCUT2D eigenvalue weighted by Crippen LogP contribution is -2.59. The standard InChI is InChI=1S/C40H65N11O12/c1-4-5-6-7-8-9-10-11-12-13-32(55)51-34(24(3)52)39(61)45-21-33(56)46-23(2)35(57)50-28-22-63-40(62)26(15-17-30(42)54)48-36(58)25(14-16-29(41)53)47-37(59)27(49-38(28)60)20-31-43-18-19-44-31/h18-19,23-28,34,52H,4-17,20-22H2,1-3H3,(H2,41,53)(H2,42,54)(H,43,44)(H,45,61)(H,46,56)(H,47,59)(H,48,58)(H,49,60)(H,50,57)(H,51,55). The lowest BCUT2D eigenvalue weighted by atomic mass is 10.1. The Balaban J connectivity index is 2.12. The van der Waals surface area contributed by atoms with Crippen molar-refractivity contribution >= 4 is 59.1 Å². The van der Waals surface area contributed by atoms with Crippen LogP contribution in [0, 0.1) is 0 Å². The normalized spacial score (nSPS) is 19.7. The van der Waals surface area contributed by atoms with E-state index < -0.39 is 121 Å². The minimum absolute atomic E-state index is 0.154. The Kier molecular flexibility index (Phi) is 24.0. The van der Waals surface area contributed by atoms with Crippen LogP contribution >= 0.6 is 0 Å². The maximum absolute atomic E-state index is 13.7. The number of hydrogen-bond acceptors (Lipinski definition) is 13. The molecule has 9 amide bonds. The van der Waals surface area contributed by atoms with Gasteiger partial charge in [0.1, 0.15) is 48.7 Å². The number of aliphatic hydroxyl groups is 1. The van der Waals surface area contributed by atoms with Gasteiger partial charge in [0.25, 0.3) is 0 Å². The molecule has 1 aromatic rings. The van der Waals surface area contributed by atoms with E-state index in [-0.39, 0.29) is 37.9 Å². The third-order valence-corrected chi connectivity index (χ3v) is 9.99. The molecule has 7 unspecified atom stereocenters. The molecule has 0 saturated carbocycles. The van der Waals surface area contributed by atoms with Crippen molar-refractivity contribution in [3.05, 3.63) is 18.2 Å². The predicted molar refractivity (Wildman–Crippen MR) is 224 cm³/mol. The number of H-pyrrole nitrogens is 1. The van der Waals surface area contributed by atoms with Crippen LogP contribution in [0.4, 0.5) is 0 Å². The molecular formula is C40H65N11O12. The lowest BCUT2D eigenvalue weighted by molar-refractivity contribution is -0.150. The number of aromatic nitrogens is 2. The molecule has 23 nitrogen and oxygen atoms in total. The highest BCUT2D eigenvalue weighted by atomic mass is 16.5. The zero-order valence-corrected chi connectivity index (χ0v) is 36.3. The van der Waals surface area contributed by atoms with Gasteiger partial charge in [0.15, 0.2) is 0 Å². The summed E-state index contributed by atoms with van der Waals surface area (Å²) in [4.78, 5) is 136. The Bertz CT molecular complexity index is 1710.